The molecule has 29 heavy (non-hydrogen) atoms. The lowest BCUT2D eigenvalue weighted by molar-refractivity contribution is -0.154. The first-order chi connectivity index (χ1) is 13.8. The molecule has 0 aliphatic heterocycles. The van der Waals surface area contributed by atoms with Crippen molar-refractivity contribution in [1.82, 2.24) is 5.32 Å². The maximum atomic E-state index is 12.9. The third-order valence-electron chi connectivity index (χ3n) is 4.77. The minimum atomic E-state index is -0.803. The number of carbonyl (C=O) groups excluding carboxylic acids is 2. The summed E-state index contributed by atoms with van der Waals surface area (Å²) >= 11 is 12.2. The van der Waals surface area contributed by atoms with Gasteiger partial charge in [-0.2, -0.15) is 0 Å². The predicted octanol–water partition coefficient (Wildman–Crippen LogP) is 6.31. The SMILES string of the molecule is C/C=C(Cl)\C(C(=O)N[C@@H](C/C(C)=C/C=C\CC)C(=O)OC1CCCCC1)=C(/C)Cl. The molecule has 0 unspecified atom stereocenters. The summed E-state index contributed by atoms with van der Waals surface area (Å²) in [6.07, 6.45) is 13.8. The summed E-state index contributed by atoms with van der Waals surface area (Å²) in [6, 6.07) is -0.803. The normalized spacial score (nSPS) is 18.4. The molecule has 0 saturated heterocycles. The molecule has 1 N–H and O–H groups in total. The van der Waals surface area contributed by atoms with Gasteiger partial charge in [-0.3, -0.25) is 4.79 Å². The molecule has 1 aliphatic carbocycles. The molecule has 1 aliphatic rings. The summed E-state index contributed by atoms with van der Waals surface area (Å²) in [6.45, 7) is 7.29. The second-order valence-corrected chi connectivity index (χ2v) is 8.30. The van der Waals surface area contributed by atoms with Gasteiger partial charge >= 0.3 is 5.97 Å². The fourth-order valence-electron chi connectivity index (χ4n) is 3.19. The molecule has 1 amide bonds. The van der Waals surface area contributed by atoms with Crippen molar-refractivity contribution in [3.8, 4) is 0 Å². The first-order valence-corrected chi connectivity index (χ1v) is 11.1. The summed E-state index contributed by atoms with van der Waals surface area (Å²) in [5.74, 6) is -0.899. The number of ether oxygens (including phenoxy) is 1. The number of hydrogen-bond donors (Lipinski definition) is 1. The highest BCUT2D eigenvalue weighted by molar-refractivity contribution is 6.39. The van der Waals surface area contributed by atoms with E-state index in [0.717, 1.165) is 37.7 Å². The molecule has 0 radical (unpaired) electrons. The van der Waals surface area contributed by atoms with Crippen LogP contribution in [0.4, 0.5) is 0 Å². The number of rotatable bonds is 9. The lowest BCUT2D eigenvalue weighted by atomic mass is 9.97. The number of allylic oxidation sites excluding steroid dienone is 5. The minimum Gasteiger partial charge on any atom is -0.461 e. The topological polar surface area (TPSA) is 55.4 Å². The van der Waals surface area contributed by atoms with E-state index in [9.17, 15) is 9.59 Å². The molecule has 162 valence electrons. The highest BCUT2D eigenvalue weighted by Gasteiger charge is 2.28. The Labute approximate surface area is 185 Å². The van der Waals surface area contributed by atoms with Gasteiger partial charge in [-0.1, -0.05) is 66.4 Å². The third kappa shape index (κ3) is 9.22. The van der Waals surface area contributed by atoms with Crippen LogP contribution in [0.1, 0.15) is 72.6 Å². The lowest BCUT2D eigenvalue weighted by Crippen LogP contribution is -2.44. The van der Waals surface area contributed by atoms with Crippen LogP contribution in [-0.4, -0.2) is 24.0 Å². The largest absolute Gasteiger partial charge is 0.461 e. The van der Waals surface area contributed by atoms with E-state index < -0.39 is 17.9 Å². The van der Waals surface area contributed by atoms with Crippen molar-refractivity contribution in [2.45, 2.75) is 84.8 Å². The maximum Gasteiger partial charge on any atom is 0.329 e. The number of esters is 1. The fourth-order valence-corrected chi connectivity index (χ4v) is 3.65. The summed E-state index contributed by atoms with van der Waals surface area (Å²) in [5, 5.41) is 3.29. The zero-order valence-electron chi connectivity index (χ0n) is 17.9. The van der Waals surface area contributed by atoms with Gasteiger partial charge in [-0.15, -0.1) is 0 Å². The molecule has 0 aromatic rings. The Balaban J connectivity index is 3.00. The van der Waals surface area contributed by atoms with Gasteiger partial charge in [-0.25, -0.2) is 4.79 Å². The van der Waals surface area contributed by atoms with Crippen LogP contribution in [-0.2, 0) is 14.3 Å². The van der Waals surface area contributed by atoms with Gasteiger partial charge in [-0.05, 0) is 59.3 Å². The van der Waals surface area contributed by atoms with Crippen LogP contribution in [0.2, 0.25) is 0 Å². The van der Waals surface area contributed by atoms with Crippen LogP contribution in [0.5, 0.6) is 0 Å². The average Bonchev–Trinajstić information content (AvgIpc) is 2.68. The molecule has 0 heterocycles. The van der Waals surface area contributed by atoms with Gasteiger partial charge in [0.25, 0.3) is 5.91 Å². The molecule has 0 bridgehead atoms. The molecule has 0 spiro atoms. The van der Waals surface area contributed by atoms with Gasteiger partial charge in [0.2, 0.25) is 0 Å². The number of carbonyl (C=O) groups is 2. The highest BCUT2D eigenvalue weighted by atomic mass is 35.5. The molecule has 4 nitrogen and oxygen atoms in total. The quantitative estimate of drug-likeness (QED) is 0.259. The van der Waals surface area contributed by atoms with Crippen molar-refractivity contribution in [1.29, 1.82) is 0 Å². The van der Waals surface area contributed by atoms with Crippen LogP contribution in [0.15, 0.2) is 45.5 Å². The van der Waals surface area contributed by atoms with E-state index in [-0.39, 0.29) is 21.7 Å². The second kappa shape index (κ2) is 13.7. The minimum absolute atomic E-state index is 0.0798. The monoisotopic (exact) mass is 441 g/mol. The number of halogens is 2. The Kier molecular flexibility index (Phi) is 12.0. The molecule has 0 aromatic carbocycles. The standard InChI is InChI=1S/C23H33Cl2NO3/c1-5-7-9-12-16(3)15-20(23(28)29-18-13-10-8-11-14-18)26-22(27)21(17(4)24)19(25)6-2/h6-7,9,12,18,20H,5,8,10-11,13-15H2,1-4H3,(H,26,27)/b9-7-,16-12+,19-6+,21-17-/t20-/m0/s1. The van der Waals surface area contributed by atoms with Crippen molar-refractivity contribution in [3.63, 3.8) is 0 Å². The molecule has 1 fully saturated rings. The summed E-state index contributed by atoms with van der Waals surface area (Å²) in [5.41, 5.74) is 1.13. The van der Waals surface area contributed by atoms with Gasteiger partial charge in [0.1, 0.15) is 12.1 Å². The molecular formula is C23H33Cl2NO3. The average molecular weight is 442 g/mol. The Hall–Kier alpha value is -1.52. The summed E-state index contributed by atoms with van der Waals surface area (Å²) in [4.78, 5) is 25.7. The van der Waals surface area contributed by atoms with Crippen molar-refractivity contribution < 1.29 is 14.3 Å². The first kappa shape index (κ1) is 25.5. The smallest absolute Gasteiger partial charge is 0.329 e. The fraction of sp³-hybridized carbons (Fsp3) is 0.565. The van der Waals surface area contributed by atoms with E-state index in [1.807, 2.05) is 25.2 Å². The second-order valence-electron chi connectivity index (χ2n) is 7.32. The first-order valence-electron chi connectivity index (χ1n) is 10.3. The van der Waals surface area contributed by atoms with Crippen molar-refractivity contribution in [2.75, 3.05) is 0 Å². The molecular weight excluding hydrogens is 409 g/mol. The van der Waals surface area contributed by atoms with E-state index in [4.69, 9.17) is 27.9 Å². The number of amides is 1. The van der Waals surface area contributed by atoms with E-state index >= 15 is 0 Å². The molecule has 1 atom stereocenters. The van der Waals surface area contributed by atoms with E-state index in [2.05, 4.69) is 12.2 Å². The number of nitrogens with one attached hydrogen (secondary N) is 1. The Bertz CT molecular complexity index is 682. The van der Waals surface area contributed by atoms with E-state index in [1.54, 1.807) is 19.9 Å². The Morgan fingerprint density at radius 2 is 1.83 bits per heavy atom. The van der Waals surface area contributed by atoms with Crippen LogP contribution in [0.25, 0.3) is 0 Å². The van der Waals surface area contributed by atoms with Crippen LogP contribution < -0.4 is 5.32 Å². The van der Waals surface area contributed by atoms with Crippen molar-refractivity contribution in [2.24, 2.45) is 0 Å². The van der Waals surface area contributed by atoms with Gasteiger partial charge in [0.15, 0.2) is 0 Å². The zero-order chi connectivity index (χ0) is 21.8. The Morgan fingerprint density at radius 3 is 2.38 bits per heavy atom. The Morgan fingerprint density at radius 1 is 1.17 bits per heavy atom. The van der Waals surface area contributed by atoms with Gasteiger partial charge in [0, 0.05) is 5.03 Å². The van der Waals surface area contributed by atoms with Gasteiger partial charge in [0.05, 0.1) is 10.6 Å². The molecule has 0 aromatic heterocycles. The predicted molar refractivity (Wildman–Crippen MR) is 121 cm³/mol. The summed E-state index contributed by atoms with van der Waals surface area (Å²) in [7, 11) is 0. The van der Waals surface area contributed by atoms with Crippen molar-refractivity contribution >= 4 is 35.1 Å². The van der Waals surface area contributed by atoms with E-state index in [0.29, 0.717) is 6.42 Å². The highest BCUT2D eigenvalue weighted by Crippen LogP contribution is 2.23. The number of hydrogen-bond acceptors (Lipinski definition) is 3. The van der Waals surface area contributed by atoms with E-state index in [1.165, 1.54) is 6.42 Å². The molecule has 1 rings (SSSR count). The lowest BCUT2D eigenvalue weighted by Gasteiger charge is -2.25. The molecule has 1 saturated carbocycles. The summed E-state index contributed by atoms with van der Waals surface area (Å²) < 4.78 is 5.71. The van der Waals surface area contributed by atoms with Crippen LogP contribution >= 0.6 is 23.2 Å². The van der Waals surface area contributed by atoms with Crippen LogP contribution in [0, 0.1) is 0 Å². The van der Waals surface area contributed by atoms with Crippen LogP contribution in [0.3, 0.4) is 0 Å². The maximum absolute atomic E-state index is 12.9. The van der Waals surface area contributed by atoms with Crippen molar-refractivity contribution in [3.05, 3.63) is 45.5 Å². The van der Waals surface area contributed by atoms with Gasteiger partial charge < -0.3 is 10.1 Å². The third-order valence-corrected chi connectivity index (χ3v) is 5.36. The zero-order valence-corrected chi connectivity index (χ0v) is 19.4. The molecule has 6 heteroatoms.